The summed E-state index contributed by atoms with van der Waals surface area (Å²) in [7, 11) is 1.50. The van der Waals surface area contributed by atoms with Gasteiger partial charge < -0.3 is 26.1 Å². The summed E-state index contributed by atoms with van der Waals surface area (Å²) in [5.74, 6) is 1.71. The van der Waals surface area contributed by atoms with Gasteiger partial charge in [0.15, 0.2) is 11.5 Å². The van der Waals surface area contributed by atoms with Gasteiger partial charge in [0.05, 0.1) is 11.4 Å². The summed E-state index contributed by atoms with van der Waals surface area (Å²) in [6, 6.07) is 72.0. The Balaban J connectivity index is 0.000000173. The summed E-state index contributed by atoms with van der Waals surface area (Å²) in [5.41, 5.74) is 24.1. The molecule has 0 saturated heterocycles. The molecule has 5 heteroatoms. The van der Waals surface area contributed by atoms with Gasteiger partial charge in [0.25, 0.3) is 0 Å². The molecule has 1 aliphatic rings. The van der Waals surface area contributed by atoms with Crippen LogP contribution >= 0.6 is 0 Å². The number of hydrogen-bond acceptors (Lipinski definition) is 4. The number of para-hydroxylation sites is 4. The molecule has 1 aliphatic heterocycles. The van der Waals surface area contributed by atoms with Gasteiger partial charge in [-0.3, -0.25) is 0 Å². The lowest BCUT2D eigenvalue weighted by Crippen LogP contribution is -2.15. The number of hydrogen-bond donors (Lipinski definition) is 3. The van der Waals surface area contributed by atoms with E-state index in [1.165, 1.54) is 50.8 Å². The highest BCUT2D eigenvalue weighted by atomic mass is 16.5. The molecule has 0 saturated carbocycles. The molecular formula is C54H44N4O. The van der Waals surface area contributed by atoms with Crippen molar-refractivity contribution < 1.29 is 4.74 Å². The standard InChI is InChI=1S/C34H22N2O.C19H17N.CH5N/c1-2-9-25(10-3-1)36-30-12-6-7-13-32(30)37-33-21-24(16-19-31(33)36)23-15-17-28-27(20-23)34-26-11-5-4-8-22(26)14-18-29(34)35-28;20-19-9-5-4-8-18(19)14-15-10-12-17(13-11-15)16-6-2-1-3-7-16;1-2/h1-21,35H;1-13H,14,20H2;2H2,1H3. The number of anilines is 4. The molecular weight excluding hydrogens is 721 g/mol. The predicted molar refractivity (Wildman–Crippen MR) is 249 cm³/mol. The van der Waals surface area contributed by atoms with Gasteiger partial charge in [0.2, 0.25) is 0 Å². The van der Waals surface area contributed by atoms with Crippen molar-refractivity contribution in [2.75, 3.05) is 17.7 Å². The first-order valence-electron chi connectivity index (χ1n) is 19.9. The third-order valence-corrected chi connectivity index (χ3v) is 10.9. The Morgan fingerprint density at radius 2 is 1.08 bits per heavy atom. The highest BCUT2D eigenvalue weighted by Crippen LogP contribution is 2.51. The maximum absolute atomic E-state index is 6.44. The van der Waals surface area contributed by atoms with Crippen molar-refractivity contribution >= 4 is 55.3 Å². The van der Waals surface area contributed by atoms with Gasteiger partial charge in [0.1, 0.15) is 0 Å². The van der Waals surface area contributed by atoms with Crippen molar-refractivity contribution in [3.05, 3.63) is 217 Å². The topological polar surface area (TPSA) is 80.3 Å². The number of ether oxygens (including phenoxy) is 1. The summed E-state index contributed by atoms with van der Waals surface area (Å²) in [6.07, 6.45) is 0.877. The minimum Gasteiger partial charge on any atom is -0.453 e. The number of benzene rings is 9. The quantitative estimate of drug-likeness (QED) is 0.152. The van der Waals surface area contributed by atoms with E-state index in [0.29, 0.717) is 0 Å². The second kappa shape index (κ2) is 16.5. The molecule has 10 aromatic rings. The molecule has 59 heavy (non-hydrogen) atoms. The van der Waals surface area contributed by atoms with Gasteiger partial charge in [-0.1, -0.05) is 146 Å². The molecule has 0 spiro atoms. The van der Waals surface area contributed by atoms with Crippen molar-refractivity contribution in [1.29, 1.82) is 0 Å². The smallest absolute Gasteiger partial charge is 0.152 e. The fourth-order valence-corrected chi connectivity index (χ4v) is 8.00. The highest BCUT2D eigenvalue weighted by Gasteiger charge is 2.26. The Bertz CT molecular complexity index is 3030. The van der Waals surface area contributed by atoms with E-state index >= 15 is 0 Å². The van der Waals surface area contributed by atoms with E-state index < -0.39 is 0 Å². The molecule has 5 nitrogen and oxygen atoms in total. The monoisotopic (exact) mass is 764 g/mol. The first-order chi connectivity index (χ1) is 29.2. The third-order valence-electron chi connectivity index (χ3n) is 10.9. The third kappa shape index (κ3) is 7.39. The zero-order chi connectivity index (χ0) is 40.1. The molecule has 0 atom stereocenters. The van der Waals surface area contributed by atoms with Crippen LogP contribution in [0.4, 0.5) is 22.7 Å². The van der Waals surface area contributed by atoms with E-state index in [0.717, 1.165) is 62.8 Å². The van der Waals surface area contributed by atoms with Crippen molar-refractivity contribution in [2.24, 2.45) is 5.73 Å². The number of aromatic amines is 1. The van der Waals surface area contributed by atoms with Gasteiger partial charge in [-0.05, 0) is 118 Å². The van der Waals surface area contributed by atoms with E-state index in [2.05, 4.69) is 179 Å². The average molecular weight is 765 g/mol. The molecule has 0 aliphatic carbocycles. The van der Waals surface area contributed by atoms with Crippen LogP contribution in [0.15, 0.2) is 206 Å². The summed E-state index contributed by atoms with van der Waals surface area (Å²) >= 11 is 0. The minimum absolute atomic E-state index is 0.851. The molecule has 1 aromatic heterocycles. The van der Waals surface area contributed by atoms with Gasteiger partial charge in [-0.2, -0.15) is 0 Å². The molecule has 5 N–H and O–H groups in total. The lowest BCUT2D eigenvalue weighted by Gasteiger charge is -2.33. The molecule has 0 unspecified atom stereocenters. The lowest BCUT2D eigenvalue weighted by molar-refractivity contribution is 0.477. The average Bonchev–Trinajstić information content (AvgIpc) is 3.69. The van der Waals surface area contributed by atoms with Crippen LogP contribution in [-0.4, -0.2) is 12.0 Å². The molecule has 9 aromatic carbocycles. The number of fused-ring (bicyclic) bond motifs is 7. The second-order valence-corrected chi connectivity index (χ2v) is 14.5. The van der Waals surface area contributed by atoms with Crippen molar-refractivity contribution in [3.63, 3.8) is 0 Å². The number of nitrogen functional groups attached to an aromatic ring is 1. The van der Waals surface area contributed by atoms with Crippen LogP contribution in [0.5, 0.6) is 11.5 Å². The van der Waals surface area contributed by atoms with Crippen LogP contribution in [-0.2, 0) is 6.42 Å². The molecule has 286 valence electrons. The molecule has 2 heterocycles. The largest absolute Gasteiger partial charge is 0.453 e. The predicted octanol–water partition coefficient (Wildman–Crippen LogP) is 13.8. The number of nitrogens with zero attached hydrogens (tertiary/aromatic N) is 1. The van der Waals surface area contributed by atoms with E-state index in [-0.39, 0.29) is 0 Å². The number of H-pyrrole nitrogens is 1. The van der Waals surface area contributed by atoms with Crippen LogP contribution < -0.4 is 21.1 Å². The normalized spacial score (nSPS) is 11.5. The molecule has 0 radical (unpaired) electrons. The van der Waals surface area contributed by atoms with E-state index in [1.54, 1.807) is 0 Å². The number of nitrogens with two attached hydrogens (primary N) is 2. The highest BCUT2D eigenvalue weighted by molar-refractivity contribution is 6.20. The Hall–Kier alpha value is -7.60. The molecule has 0 bridgehead atoms. The Morgan fingerprint density at radius 3 is 1.90 bits per heavy atom. The van der Waals surface area contributed by atoms with Crippen LogP contribution in [0, 0.1) is 0 Å². The Morgan fingerprint density at radius 1 is 0.475 bits per heavy atom. The Labute approximate surface area is 344 Å². The number of rotatable bonds is 5. The lowest BCUT2D eigenvalue weighted by atomic mass is 9.99. The fraction of sp³-hybridized carbons (Fsp3) is 0.0370. The molecule has 0 amide bonds. The first-order valence-corrected chi connectivity index (χ1v) is 19.9. The zero-order valence-electron chi connectivity index (χ0n) is 32.8. The van der Waals surface area contributed by atoms with E-state index in [4.69, 9.17) is 10.5 Å². The summed E-state index contributed by atoms with van der Waals surface area (Å²) in [4.78, 5) is 5.87. The van der Waals surface area contributed by atoms with Crippen LogP contribution in [0.2, 0.25) is 0 Å². The summed E-state index contributed by atoms with van der Waals surface area (Å²) < 4.78 is 6.44. The minimum atomic E-state index is 0.851. The van der Waals surface area contributed by atoms with E-state index in [9.17, 15) is 0 Å². The SMILES string of the molecule is CN.Nc1ccccc1Cc1ccc(-c2ccccc2)cc1.c1ccc(N2c3ccccc3Oc3cc(-c4ccc5[nH]c6ccc7ccccc7c6c5c4)ccc32)cc1. The van der Waals surface area contributed by atoms with Gasteiger partial charge in [-0.15, -0.1) is 0 Å². The zero-order valence-corrected chi connectivity index (χ0v) is 32.8. The summed E-state index contributed by atoms with van der Waals surface area (Å²) in [6.45, 7) is 0. The van der Waals surface area contributed by atoms with Gasteiger partial charge >= 0.3 is 0 Å². The Kier molecular flexibility index (Phi) is 10.3. The fourth-order valence-electron chi connectivity index (χ4n) is 8.00. The van der Waals surface area contributed by atoms with Gasteiger partial charge in [0, 0.05) is 33.2 Å². The first kappa shape index (κ1) is 37.0. The molecule has 0 fully saturated rings. The van der Waals surface area contributed by atoms with Crippen LogP contribution in [0.25, 0.3) is 54.8 Å². The van der Waals surface area contributed by atoms with Crippen LogP contribution in [0.1, 0.15) is 11.1 Å². The van der Waals surface area contributed by atoms with Crippen molar-refractivity contribution in [3.8, 4) is 33.8 Å². The van der Waals surface area contributed by atoms with E-state index in [1.807, 2.05) is 42.5 Å². The maximum atomic E-state index is 6.44. The maximum Gasteiger partial charge on any atom is 0.152 e. The van der Waals surface area contributed by atoms with Crippen molar-refractivity contribution in [1.82, 2.24) is 4.98 Å². The number of aromatic nitrogens is 1. The van der Waals surface area contributed by atoms with Crippen molar-refractivity contribution in [2.45, 2.75) is 6.42 Å². The van der Waals surface area contributed by atoms with Gasteiger partial charge in [-0.25, -0.2) is 0 Å². The van der Waals surface area contributed by atoms with Crippen LogP contribution in [0.3, 0.4) is 0 Å². The summed E-state index contributed by atoms with van der Waals surface area (Å²) in [5, 5.41) is 5.03. The molecule has 11 rings (SSSR count). The number of nitrogens with one attached hydrogen (secondary N) is 1. The second-order valence-electron chi connectivity index (χ2n) is 14.5.